The van der Waals surface area contributed by atoms with Crippen LogP contribution < -0.4 is 0 Å². The first-order chi connectivity index (χ1) is 7.20. The zero-order valence-electron chi connectivity index (χ0n) is 9.02. The van der Waals surface area contributed by atoms with Crippen molar-refractivity contribution in [1.82, 2.24) is 4.57 Å². The Hall–Kier alpha value is -1.25. The highest BCUT2D eigenvalue weighted by Crippen LogP contribution is 2.34. The van der Waals surface area contributed by atoms with Crippen LogP contribution >= 0.6 is 0 Å². The first-order valence-electron chi connectivity index (χ1n) is 5.60. The highest BCUT2D eigenvalue weighted by atomic mass is 16.4. The van der Waals surface area contributed by atoms with Crippen LogP contribution in [0.3, 0.4) is 0 Å². The van der Waals surface area contributed by atoms with Crippen LogP contribution in [0.25, 0.3) is 0 Å². The molecule has 0 saturated heterocycles. The summed E-state index contributed by atoms with van der Waals surface area (Å²) in [6, 6.07) is 3.80. The zero-order chi connectivity index (χ0) is 10.8. The Bertz CT molecular complexity index is 350. The number of hydrogen-bond donors (Lipinski definition) is 1. The van der Waals surface area contributed by atoms with E-state index in [9.17, 15) is 4.79 Å². The number of carboxylic acid groups (broad SMARTS) is 1. The van der Waals surface area contributed by atoms with Crippen molar-refractivity contribution in [1.29, 1.82) is 0 Å². The second kappa shape index (κ2) is 4.09. The Morgan fingerprint density at radius 1 is 1.53 bits per heavy atom. The van der Waals surface area contributed by atoms with Gasteiger partial charge >= 0.3 is 5.97 Å². The lowest BCUT2D eigenvalue weighted by Gasteiger charge is -2.22. The highest BCUT2D eigenvalue weighted by molar-refractivity contribution is 5.85. The maximum absolute atomic E-state index is 11.0. The third-order valence-corrected chi connectivity index (χ3v) is 3.52. The lowest BCUT2D eigenvalue weighted by Crippen LogP contribution is -2.17. The summed E-state index contributed by atoms with van der Waals surface area (Å²) < 4.78 is 1.90. The lowest BCUT2D eigenvalue weighted by molar-refractivity contribution is 0.0681. The Morgan fingerprint density at radius 3 is 2.80 bits per heavy atom. The van der Waals surface area contributed by atoms with E-state index >= 15 is 0 Å². The van der Waals surface area contributed by atoms with E-state index < -0.39 is 5.97 Å². The van der Waals surface area contributed by atoms with Gasteiger partial charge in [0.1, 0.15) is 5.69 Å². The number of aromatic carboxylic acids is 1. The molecule has 1 heterocycles. The summed E-state index contributed by atoms with van der Waals surface area (Å²) in [6.45, 7) is 2.13. The van der Waals surface area contributed by atoms with Gasteiger partial charge in [0.15, 0.2) is 0 Å². The second-order valence-electron chi connectivity index (χ2n) is 4.39. The standard InChI is InChI=1S/C12H17NO2/c1-9(10-5-2-3-6-10)13-8-4-7-11(13)12(14)15/h4,7-10H,2-3,5-6H2,1H3,(H,14,15). The minimum absolute atomic E-state index is 0.314. The van der Waals surface area contributed by atoms with Crippen molar-refractivity contribution in [2.45, 2.75) is 38.6 Å². The number of aromatic nitrogens is 1. The predicted molar refractivity (Wildman–Crippen MR) is 58.1 cm³/mol. The summed E-state index contributed by atoms with van der Waals surface area (Å²) in [6.07, 6.45) is 6.93. The molecular formula is C12H17NO2. The number of rotatable bonds is 3. The fourth-order valence-electron chi connectivity index (χ4n) is 2.60. The summed E-state index contributed by atoms with van der Waals surface area (Å²) in [5.41, 5.74) is 0.411. The minimum atomic E-state index is -0.829. The molecular weight excluding hydrogens is 190 g/mol. The third kappa shape index (κ3) is 1.91. The Labute approximate surface area is 89.7 Å². The summed E-state index contributed by atoms with van der Waals surface area (Å²) in [5.74, 6) is -0.180. The molecule has 82 valence electrons. The molecule has 0 bridgehead atoms. The van der Waals surface area contributed by atoms with E-state index in [1.165, 1.54) is 25.7 Å². The summed E-state index contributed by atoms with van der Waals surface area (Å²) in [4.78, 5) is 11.0. The van der Waals surface area contributed by atoms with Crippen molar-refractivity contribution in [3.05, 3.63) is 24.0 Å². The first-order valence-corrected chi connectivity index (χ1v) is 5.60. The molecule has 0 aliphatic heterocycles. The molecule has 1 N–H and O–H groups in total. The first kappa shape index (κ1) is 10.3. The van der Waals surface area contributed by atoms with Crippen LogP contribution in [0, 0.1) is 5.92 Å². The number of nitrogens with zero attached hydrogens (tertiary/aromatic N) is 1. The average Bonchev–Trinajstić information content (AvgIpc) is 2.88. The van der Waals surface area contributed by atoms with Crippen molar-refractivity contribution in [2.75, 3.05) is 0 Å². The smallest absolute Gasteiger partial charge is 0.352 e. The van der Waals surface area contributed by atoms with Gasteiger partial charge in [-0.3, -0.25) is 0 Å². The van der Waals surface area contributed by atoms with Gasteiger partial charge in [-0.15, -0.1) is 0 Å². The topological polar surface area (TPSA) is 42.2 Å². The van der Waals surface area contributed by atoms with Crippen LogP contribution in [0.4, 0.5) is 0 Å². The second-order valence-corrected chi connectivity index (χ2v) is 4.39. The van der Waals surface area contributed by atoms with E-state index in [-0.39, 0.29) is 0 Å². The van der Waals surface area contributed by atoms with Gasteiger partial charge in [0, 0.05) is 12.2 Å². The molecule has 1 atom stereocenters. The largest absolute Gasteiger partial charge is 0.477 e. The molecule has 1 saturated carbocycles. The molecule has 1 unspecified atom stereocenters. The third-order valence-electron chi connectivity index (χ3n) is 3.52. The van der Waals surface area contributed by atoms with Gasteiger partial charge in [-0.1, -0.05) is 12.8 Å². The van der Waals surface area contributed by atoms with E-state index in [2.05, 4.69) is 6.92 Å². The monoisotopic (exact) mass is 207 g/mol. The van der Waals surface area contributed by atoms with E-state index in [1.807, 2.05) is 16.8 Å². The normalized spacial score (nSPS) is 19.3. The number of hydrogen-bond acceptors (Lipinski definition) is 1. The van der Waals surface area contributed by atoms with Crippen LogP contribution in [0.1, 0.15) is 49.1 Å². The van der Waals surface area contributed by atoms with Gasteiger partial charge in [-0.2, -0.15) is 0 Å². The molecule has 0 amide bonds. The molecule has 1 aromatic rings. The molecule has 3 heteroatoms. The zero-order valence-corrected chi connectivity index (χ0v) is 9.02. The Kier molecular flexibility index (Phi) is 2.80. The molecule has 0 aromatic carbocycles. The maximum atomic E-state index is 11.0. The van der Waals surface area contributed by atoms with E-state index in [1.54, 1.807) is 6.07 Å². The van der Waals surface area contributed by atoms with Gasteiger partial charge in [0.25, 0.3) is 0 Å². The molecule has 15 heavy (non-hydrogen) atoms. The van der Waals surface area contributed by atoms with Crippen LogP contribution in [-0.2, 0) is 0 Å². The molecule has 1 aliphatic rings. The van der Waals surface area contributed by atoms with Gasteiger partial charge in [-0.25, -0.2) is 4.79 Å². The van der Waals surface area contributed by atoms with Crippen molar-refractivity contribution in [3.8, 4) is 0 Å². The summed E-state index contributed by atoms with van der Waals surface area (Å²) in [5, 5.41) is 9.03. The fraction of sp³-hybridized carbons (Fsp3) is 0.583. The van der Waals surface area contributed by atoms with Crippen molar-refractivity contribution in [3.63, 3.8) is 0 Å². The van der Waals surface area contributed by atoms with Crippen molar-refractivity contribution < 1.29 is 9.90 Å². The van der Waals surface area contributed by atoms with Gasteiger partial charge in [-0.05, 0) is 37.8 Å². The summed E-state index contributed by atoms with van der Waals surface area (Å²) in [7, 11) is 0. The Balaban J connectivity index is 2.20. The van der Waals surface area contributed by atoms with E-state index in [0.717, 1.165) is 0 Å². The van der Waals surface area contributed by atoms with Crippen LogP contribution in [0.15, 0.2) is 18.3 Å². The van der Waals surface area contributed by atoms with Crippen molar-refractivity contribution in [2.24, 2.45) is 5.92 Å². The number of carbonyl (C=O) groups is 1. The average molecular weight is 207 g/mol. The Morgan fingerprint density at radius 2 is 2.20 bits per heavy atom. The molecule has 1 aromatic heterocycles. The quantitative estimate of drug-likeness (QED) is 0.828. The molecule has 1 aliphatic carbocycles. The maximum Gasteiger partial charge on any atom is 0.352 e. The molecule has 0 radical (unpaired) electrons. The van der Waals surface area contributed by atoms with E-state index in [4.69, 9.17) is 5.11 Å². The van der Waals surface area contributed by atoms with Gasteiger partial charge < -0.3 is 9.67 Å². The van der Waals surface area contributed by atoms with Crippen LogP contribution in [0.2, 0.25) is 0 Å². The van der Waals surface area contributed by atoms with Gasteiger partial charge in [0.05, 0.1) is 0 Å². The SMILES string of the molecule is CC(C1CCCC1)n1cccc1C(=O)O. The predicted octanol–water partition coefficient (Wildman–Crippen LogP) is 2.94. The molecule has 2 rings (SSSR count). The molecule has 0 spiro atoms. The van der Waals surface area contributed by atoms with Crippen molar-refractivity contribution >= 4 is 5.97 Å². The van der Waals surface area contributed by atoms with Crippen LogP contribution in [-0.4, -0.2) is 15.6 Å². The lowest BCUT2D eigenvalue weighted by atomic mass is 9.99. The highest BCUT2D eigenvalue weighted by Gasteiger charge is 2.24. The molecule has 3 nitrogen and oxygen atoms in total. The van der Waals surface area contributed by atoms with Crippen LogP contribution in [0.5, 0.6) is 0 Å². The van der Waals surface area contributed by atoms with Gasteiger partial charge in [0.2, 0.25) is 0 Å². The fourth-order valence-corrected chi connectivity index (χ4v) is 2.60. The van der Waals surface area contributed by atoms with E-state index in [0.29, 0.717) is 17.7 Å². The molecule has 1 fully saturated rings. The summed E-state index contributed by atoms with van der Waals surface area (Å²) >= 11 is 0. The minimum Gasteiger partial charge on any atom is -0.477 e. The number of carboxylic acids is 1.